The summed E-state index contributed by atoms with van der Waals surface area (Å²) in [4.78, 5) is 29.2. The lowest BCUT2D eigenvalue weighted by molar-refractivity contribution is -0.118. The molecular weight excluding hydrogens is 434 g/mol. The Labute approximate surface area is 196 Å². The average molecular weight is 458 g/mol. The third kappa shape index (κ3) is 6.27. The molecule has 6 nitrogen and oxygen atoms in total. The van der Waals surface area contributed by atoms with Gasteiger partial charge in [-0.05, 0) is 28.8 Å². The van der Waals surface area contributed by atoms with E-state index < -0.39 is 5.91 Å². The molecule has 3 N–H and O–H groups in total. The highest BCUT2D eigenvalue weighted by atomic mass is 32.1. The summed E-state index contributed by atoms with van der Waals surface area (Å²) >= 11 is 1.45. The molecule has 0 aliphatic heterocycles. The number of hydrogen-bond donors (Lipinski definition) is 2. The van der Waals surface area contributed by atoms with Crippen molar-refractivity contribution in [3.63, 3.8) is 0 Å². The molecule has 0 saturated carbocycles. The fourth-order valence-corrected chi connectivity index (χ4v) is 4.34. The molecule has 0 aliphatic rings. The maximum absolute atomic E-state index is 12.5. The van der Waals surface area contributed by atoms with Gasteiger partial charge in [-0.2, -0.15) is 0 Å². The highest BCUT2D eigenvalue weighted by Gasteiger charge is 2.15. The predicted octanol–water partition coefficient (Wildman–Crippen LogP) is 4.45. The summed E-state index contributed by atoms with van der Waals surface area (Å²) in [5.41, 5.74) is 9.12. The van der Waals surface area contributed by atoms with E-state index in [1.165, 1.54) is 11.3 Å². The minimum absolute atomic E-state index is 0.149. The lowest BCUT2D eigenvalue weighted by Crippen LogP contribution is -2.20. The number of carbonyl (C=O) groups is 2. The number of amides is 2. The topological polar surface area (TPSA) is 94.3 Å². The second kappa shape index (κ2) is 10.6. The van der Waals surface area contributed by atoms with E-state index in [-0.39, 0.29) is 18.9 Å². The standard InChI is InChI=1S/C26H23N3O3S/c27-23(30)16-19-11-13-21(14-12-19)32-17-24(31)29-26-28-22(15-18-7-3-1-4-8-18)25(33-26)20-9-5-2-6-10-20/h1-14H,15-17H2,(H2,27,30)(H,28,29,31). The molecule has 0 fully saturated rings. The van der Waals surface area contributed by atoms with E-state index in [0.29, 0.717) is 17.3 Å². The van der Waals surface area contributed by atoms with Crippen LogP contribution >= 0.6 is 11.3 Å². The van der Waals surface area contributed by atoms with Crippen LogP contribution in [0.4, 0.5) is 5.13 Å². The van der Waals surface area contributed by atoms with E-state index in [0.717, 1.165) is 27.3 Å². The maximum atomic E-state index is 12.5. The molecule has 2 amide bonds. The van der Waals surface area contributed by atoms with Crippen LogP contribution in [-0.4, -0.2) is 23.4 Å². The molecule has 3 aromatic carbocycles. The number of ether oxygens (including phenoxy) is 1. The van der Waals surface area contributed by atoms with Crippen LogP contribution in [0.2, 0.25) is 0 Å². The van der Waals surface area contributed by atoms with Crippen molar-refractivity contribution in [1.29, 1.82) is 0 Å². The van der Waals surface area contributed by atoms with Crippen LogP contribution in [0.3, 0.4) is 0 Å². The molecule has 0 atom stereocenters. The van der Waals surface area contributed by atoms with Gasteiger partial charge in [-0.15, -0.1) is 0 Å². The zero-order valence-electron chi connectivity index (χ0n) is 17.9. The molecule has 166 valence electrons. The summed E-state index contributed by atoms with van der Waals surface area (Å²) in [6.07, 6.45) is 0.839. The van der Waals surface area contributed by atoms with Gasteiger partial charge in [0, 0.05) is 6.42 Å². The van der Waals surface area contributed by atoms with Gasteiger partial charge in [-0.1, -0.05) is 84.1 Å². The average Bonchev–Trinajstić information content (AvgIpc) is 3.21. The Kier molecular flexibility index (Phi) is 7.12. The number of nitrogens with zero attached hydrogens (tertiary/aromatic N) is 1. The SMILES string of the molecule is NC(=O)Cc1ccc(OCC(=O)Nc2nc(Cc3ccccc3)c(-c3ccccc3)s2)cc1. The summed E-state index contributed by atoms with van der Waals surface area (Å²) in [5.74, 6) is -0.156. The van der Waals surface area contributed by atoms with Crippen LogP contribution in [0.1, 0.15) is 16.8 Å². The Morgan fingerprint density at radius 1 is 0.879 bits per heavy atom. The van der Waals surface area contributed by atoms with Crippen LogP contribution in [-0.2, 0) is 22.4 Å². The molecule has 0 spiro atoms. The first kappa shape index (κ1) is 22.2. The molecular formula is C26H23N3O3S. The van der Waals surface area contributed by atoms with E-state index in [2.05, 4.69) is 17.4 Å². The predicted molar refractivity (Wildman–Crippen MR) is 130 cm³/mol. The molecule has 1 aromatic heterocycles. The van der Waals surface area contributed by atoms with Crippen molar-refractivity contribution in [3.05, 3.63) is 102 Å². The largest absolute Gasteiger partial charge is 0.484 e. The summed E-state index contributed by atoms with van der Waals surface area (Å²) in [5, 5.41) is 3.38. The van der Waals surface area contributed by atoms with E-state index in [9.17, 15) is 9.59 Å². The van der Waals surface area contributed by atoms with Gasteiger partial charge < -0.3 is 10.5 Å². The molecule has 0 saturated heterocycles. The van der Waals surface area contributed by atoms with Gasteiger partial charge in [-0.25, -0.2) is 4.98 Å². The fraction of sp³-hybridized carbons (Fsp3) is 0.115. The number of hydrogen-bond acceptors (Lipinski definition) is 5. The molecule has 4 rings (SSSR count). The van der Waals surface area contributed by atoms with Crippen molar-refractivity contribution < 1.29 is 14.3 Å². The quantitative estimate of drug-likeness (QED) is 0.388. The third-order valence-corrected chi connectivity index (χ3v) is 5.93. The number of nitrogens with two attached hydrogens (primary N) is 1. The van der Waals surface area contributed by atoms with Gasteiger partial charge in [0.05, 0.1) is 17.0 Å². The number of benzene rings is 3. The second-order valence-electron chi connectivity index (χ2n) is 7.45. The highest BCUT2D eigenvalue weighted by molar-refractivity contribution is 7.19. The Morgan fingerprint density at radius 2 is 1.55 bits per heavy atom. The van der Waals surface area contributed by atoms with Gasteiger partial charge in [-0.3, -0.25) is 14.9 Å². The minimum atomic E-state index is -0.395. The Morgan fingerprint density at radius 3 is 2.21 bits per heavy atom. The number of rotatable bonds is 9. The van der Waals surface area contributed by atoms with Crippen LogP contribution in [0.5, 0.6) is 5.75 Å². The van der Waals surface area contributed by atoms with Gasteiger partial charge in [0.2, 0.25) is 5.91 Å². The fourth-order valence-electron chi connectivity index (χ4n) is 3.34. The first-order valence-electron chi connectivity index (χ1n) is 10.5. The smallest absolute Gasteiger partial charge is 0.264 e. The van der Waals surface area contributed by atoms with Gasteiger partial charge in [0.15, 0.2) is 11.7 Å². The van der Waals surface area contributed by atoms with E-state index in [1.54, 1.807) is 24.3 Å². The number of nitrogens with one attached hydrogen (secondary N) is 1. The molecule has 0 aliphatic carbocycles. The normalized spacial score (nSPS) is 10.5. The Balaban J connectivity index is 1.44. The van der Waals surface area contributed by atoms with Crippen molar-refractivity contribution in [2.24, 2.45) is 5.73 Å². The Bertz CT molecular complexity index is 1220. The number of carbonyl (C=O) groups excluding carboxylic acids is 2. The first-order valence-corrected chi connectivity index (χ1v) is 11.3. The molecule has 0 radical (unpaired) electrons. The zero-order chi connectivity index (χ0) is 23.0. The number of anilines is 1. The Hall–Kier alpha value is -3.97. The van der Waals surface area contributed by atoms with E-state index in [1.807, 2.05) is 48.5 Å². The number of thiazole rings is 1. The summed E-state index contributed by atoms with van der Waals surface area (Å²) in [7, 11) is 0. The third-order valence-electron chi connectivity index (χ3n) is 4.87. The number of aromatic nitrogens is 1. The monoisotopic (exact) mass is 457 g/mol. The van der Waals surface area contributed by atoms with Gasteiger partial charge in [0.25, 0.3) is 5.91 Å². The molecule has 0 unspecified atom stereocenters. The lowest BCUT2D eigenvalue weighted by atomic mass is 10.1. The molecule has 1 heterocycles. The summed E-state index contributed by atoms with van der Waals surface area (Å²) < 4.78 is 5.57. The second-order valence-corrected chi connectivity index (χ2v) is 8.45. The van der Waals surface area contributed by atoms with Crippen LogP contribution in [0.25, 0.3) is 10.4 Å². The molecule has 33 heavy (non-hydrogen) atoms. The van der Waals surface area contributed by atoms with Gasteiger partial charge >= 0.3 is 0 Å². The summed E-state index contributed by atoms with van der Waals surface area (Å²) in [6.45, 7) is -0.149. The molecule has 7 heteroatoms. The van der Waals surface area contributed by atoms with Crippen molar-refractivity contribution in [3.8, 4) is 16.2 Å². The molecule has 0 bridgehead atoms. The van der Waals surface area contributed by atoms with Crippen LogP contribution in [0.15, 0.2) is 84.9 Å². The van der Waals surface area contributed by atoms with Crippen molar-refractivity contribution in [1.82, 2.24) is 4.98 Å². The molecule has 4 aromatic rings. The zero-order valence-corrected chi connectivity index (χ0v) is 18.7. The summed E-state index contributed by atoms with van der Waals surface area (Å²) in [6, 6.07) is 27.1. The van der Waals surface area contributed by atoms with Gasteiger partial charge in [0.1, 0.15) is 5.75 Å². The van der Waals surface area contributed by atoms with Crippen molar-refractivity contribution in [2.45, 2.75) is 12.8 Å². The van der Waals surface area contributed by atoms with Crippen molar-refractivity contribution in [2.75, 3.05) is 11.9 Å². The van der Waals surface area contributed by atoms with Crippen LogP contribution in [0, 0.1) is 0 Å². The minimum Gasteiger partial charge on any atom is -0.484 e. The highest BCUT2D eigenvalue weighted by Crippen LogP contribution is 2.34. The van der Waals surface area contributed by atoms with Crippen molar-refractivity contribution >= 4 is 28.3 Å². The number of primary amides is 1. The van der Waals surface area contributed by atoms with E-state index in [4.69, 9.17) is 15.5 Å². The lowest BCUT2D eigenvalue weighted by Gasteiger charge is -2.06. The first-order chi connectivity index (χ1) is 16.1. The maximum Gasteiger partial charge on any atom is 0.264 e. The van der Waals surface area contributed by atoms with Crippen LogP contribution < -0.4 is 15.8 Å². The van der Waals surface area contributed by atoms with E-state index >= 15 is 0 Å².